The number of carbonyl (C=O) groups is 2. The molecule has 0 fully saturated rings. The molecule has 164 valence electrons. The van der Waals surface area contributed by atoms with Gasteiger partial charge in [0.1, 0.15) is 11.9 Å². The summed E-state index contributed by atoms with van der Waals surface area (Å²) < 4.78 is 0. The van der Waals surface area contributed by atoms with Gasteiger partial charge >= 0.3 is 0 Å². The molecule has 0 spiro atoms. The first-order valence-corrected chi connectivity index (χ1v) is 10.5. The Morgan fingerprint density at radius 2 is 1.55 bits per heavy atom. The minimum Gasteiger partial charge on any atom is -0.340 e. The number of rotatable bonds is 8. The Kier molecular flexibility index (Phi) is 7.02. The molecule has 0 aliphatic heterocycles. The maximum Gasteiger partial charge on any atom is 0.253 e. The van der Waals surface area contributed by atoms with Gasteiger partial charge in [-0.3, -0.25) is 14.6 Å². The average molecular weight is 438 g/mol. The fourth-order valence-electron chi connectivity index (χ4n) is 3.24. The topological polar surface area (TPSA) is 96.0 Å². The zero-order chi connectivity index (χ0) is 22.9. The third-order valence-corrected chi connectivity index (χ3v) is 4.91. The molecule has 1 atom stereocenters. The van der Waals surface area contributed by atoms with Crippen LogP contribution in [0.15, 0.2) is 104 Å². The van der Waals surface area contributed by atoms with Crippen LogP contribution < -0.4 is 16.0 Å². The first kappa shape index (κ1) is 21.7. The van der Waals surface area contributed by atoms with Gasteiger partial charge in [0.2, 0.25) is 5.91 Å². The number of aromatic nitrogens is 2. The fourth-order valence-corrected chi connectivity index (χ4v) is 3.24. The number of hydrogen-bond donors (Lipinski definition) is 3. The number of hydrogen-bond acceptors (Lipinski definition) is 5. The number of benzene rings is 2. The Labute approximate surface area is 191 Å². The van der Waals surface area contributed by atoms with Gasteiger partial charge in [-0.25, -0.2) is 4.98 Å². The maximum absolute atomic E-state index is 13.1. The van der Waals surface area contributed by atoms with Gasteiger partial charge < -0.3 is 16.0 Å². The predicted octanol–water partition coefficient (Wildman–Crippen LogP) is 4.20. The molecule has 7 nitrogen and oxygen atoms in total. The molecule has 2 heterocycles. The second kappa shape index (κ2) is 10.7. The second-order valence-corrected chi connectivity index (χ2v) is 7.37. The zero-order valence-corrected chi connectivity index (χ0v) is 17.8. The summed E-state index contributed by atoms with van der Waals surface area (Å²) in [6.45, 7) is 0. The molecule has 3 N–H and O–H groups in total. The van der Waals surface area contributed by atoms with Gasteiger partial charge in [-0.2, -0.15) is 0 Å². The van der Waals surface area contributed by atoms with Crippen LogP contribution in [0.2, 0.25) is 0 Å². The van der Waals surface area contributed by atoms with E-state index in [1.165, 1.54) is 6.20 Å². The van der Waals surface area contributed by atoms with Crippen molar-refractivity contribution in [1.82, 2.24) is 15.3 Å². The number of nitrogens with one attached hydrogen (secondary N) is 3. The fraction of sp³-hybridized carbons (Fsp3) is 0.0769. The quantitative estimate of drug-likeness (QED) is 0.384. The summed E-state index contributed by atoms with van der Waals surface area (Å²) in [7, 11) is 0. The SMILES string of the molecule is O=C(NC(Cc1ccccc1)C(=O)Nc1ccc(Nc2ccccc2)nc1)c1cccnc1. The highest BCUT2D eigenvalue weighted by atomic mass is 16.2. The number of amides is 2. The Hall–Kier alpha value is -4.52. The molecule has 33 heavy (non-hydrogen) atoms. The molecule has 4 rings (SSSR count). The van der Waals surface area contributed by atoms with Crippen molar-refractivity contribution in [3.63, 3.8) is 0 Å². The van der Waals surface area contributed by atoms with Gasteiger partial charge in [-0.15, -0.1) is 0 Å². The van der Waals surface area contributed by atoms with E-state index in [2.05, 4.69) is 25.9 Å². The van der Waals surface area contributed by atoms with Crippen LogP contribution in [0.5, 0.6) is 0 Å². The lowest BCUT2D eigenvalue weighted by Crippen LogP contribution is -2.45. The Balaban J connectivity index is 1.45. The molecular weight excluding hydrogens is 414 g/mol. The minimum atomic E-state index is -0.776. The highest BCUT2D eigenvalue weighted by molar-refractivity contribution is 6.01. The lowest BCUT2D eigenvalue weighted by atomic mass is 10.0. The largest absolute Gasteiger partial charge is 0.340 e. The number of pyridine rings is 2. The predicted molar refractivity (Wildman–Crippen MR) is 128 cm³/mol. The van der Waals surface area contributed by atoms with Gasteiger partial charge in [0.25, 0.3) is 5.91 Å². The molecule has 2 amide bonds. The van der Waals surface area contributed by atoms with Crippen LogP contribution >= 0.6 is 0 Å². The van der Waals surface area contributed by atoms with Crippen LogP contribution in [0.1, 0.15) is 15.9 Å². The molecule has 0 bridgehead atoms. The molecule has 2 aromatic carbocycles. The Morgan fingerprint density at radius 1 is 0.788 bits per heavy atom. The number of carbonyl (C=O) groups excluding carboxylic acids is 2. The number of nitrogens with zero attached hydrogens (tertiary/aromatic N) is 2. The monoisotopic (exact) mass is 437 g/mol. The van der Waals surface area contributed by atoms with E-state index in [9.17, 15) is 9.59 Å². The van der Waals surface area contributed by atoms with Crippen LogP contribution in [0.4, 0.5) is 17.2 Å². The van der Waals surface area contributed by atoms with E-state index in [1.54, 1.807) is 36.7 Å². The van der Waals surface area contributed by atoms with Gasteiger partial charge in [0.15, 0.2) is 0 Å². The lowest BCUT2D eigenvalue weighted by Gasteiger charge is -2.19. The van der Waals surface area contributed by atoms with Crippen molar-refractivity contribution in [3.05, 3.63) is 115 Å². The highest BCUT2D eigenvalue weighted by Crippen LogP contribution is 2.16. The summed E-state index contributed by atoms with van der Waals surface area (Å²) in [6.07, 6.45) is 4.98. The lowest BCUT2D eigenvalue weighted by molar-refractivity contribution is -0.118. The summed E-state index contributed by atoms with van der Waals surface area (Å²) in [4.78, 5) is 34.1. The molecule has 1 unspecified atom stereocenters. The maximum atomic E-state index is 13.1. The van der Waals surface area contributed by atoms with Gasteiger partial charge in [-0.05, 0) is 42.0 Å². The van der Waals surface area contributed by atoms with E-state index >= 15 is 0 Å². The minimum absolute atomic E-state index is 0.332. The highest BCUT2D eigenvalue weighted by Gasteiger charge is 2.22. The van der Waals surface area contributed by atoms with E-state index in [0.717, 1.165) is 11.3 Å². The second-order valence-electron chi connectivity index (χ2n) is 7.37. The third-order valence-electron chi connectivity index (χ3n) is 4.91. The van der Waals surface area contributed by atoms with Gasteiger partial charge in [-0.1, -0.05) is 48.5 Å². The van der Waals surface area contributed by atoms with Gasteiger partial charge in [0, 0.05) is 24.5 Å². The summed E-state index contributed by atoms with van der Waals surface area (Å²) in [6, 6.07) is 25.3. The Bertz CT molecular complexity index is 1180. The van der Waals surface area contributed by atoms with Crippen LogP contribution in [0.25, 0.3) is 0 Å². The standard InChI is InChI=1S/C26H23N5O2/c32-25(20-10-7-15-27-17-20)31-23(16-19-8-3-1-4-9-19)26(33)30-22-13-14-24(28-18-22)29-21-11-5-2-6-12-21/h1-15,17-18,23H,16H2,(H,28,29)(H,30,33)(H,31,32). The molecule has 0 aliphatic carbocycles. The van der Waals surface area contributed by atoms with Crippen molar-refractivity contribution in [3.8, 4) is 0 Å². The summed E-state index contributed by atoms with van der Waals surface area (Å²) >= 11 is 0. The first-order chi connectivity index (χ1) is 16.2. The van der Waals surface area contributed by atoms with E-state index in [-0.39, 0.29) is 11.8 Å². The third kappa shape index (κ3) is 6.24. The molecule has 0 saturated heterocycles. The molecule has 7 heteroatoms. The number of para-hydroxylation sites is 1. The van der Waals surface area contributed by atoms with Gasteiger partial charge in [0.05, 0.1) is 17.4 Å². The van der Waals surface area contributed by atoms with Crippen molar-refractivity contribution < 1.29 is 9.59 Å². The van der Waals surface area contributed by atoms with Crippen LogP contribution in [0.3, 0.4) is 0 Å². The van der Waals surface area contributed by atoms with Crippen LogP contribution in [0, 0.1) is 0 Å². The zero-order valence-electron chi connectivity index (χ0n) is 17.8. The van der Waals surface area contributed by atoms with Crippen molar-refractivity contribution >= 4 is 29.0 Å². The van der Waals surface area contributed by atoms with Crippen molar-refractivity contribution in [2.45, 2.75) is 12.5 Å². The molecule has 2 aromatic heterocycles. The molecule has 0 saturated carbocycles. The summed E-state index contributed by atoms with van der Waals surface area (Å²) in [5, 5.41) is 8.87. The van der Waals surface area contributed by atoms with Crippen LogP contribution in [-0.2, 0) is 11.2 Å². The van der Waals surface area contributed by atoms with E-state index < -0.39 is 6.04 Å². The molecular formula is C26H23N5O2. The van der Waals surface area contributed by atoms with Crippen LogP contribution in [-0.4, -0.2) is 27.8 Å². The van der Waals surface area contributed by atoms with Crippen molar-refractivity contribution in [2.75, 3.05) is 10.6 Å². The number of anilines is 3. The molecule has 0 aliphatic rings. The first-order valence-electron chi connectivity index (χ1n) is 10.5. The summed E-state index contributed by atoms with van der Waals surface area (Å²) in [5.74, 6) is -0.0358. The normalized spacial score (nSPS) is 11.3. The summed E-state index contributed by atoms with van der Waals surface area (Å²) in [5.41, 5.74) is 2.78. The molecule has 0 radical (unpaired) electrons. The van der Waals surface area contributed by atoms with Crippen molar-refractivity contribution in [1.29, 1.82) is 0 Å². The Morgan fingerprint density at radius 3 is 2.21 bits per heavy atom. The average Bonchev–Trinajstić information content (AvgIpc) is 2.86. The van der Waals surface area contributed by atoms with Crippen molar-refractivity contribution in [2.24, 2.45) is 0 Å². The van der Waals surface area contributed by atoms with E-state index in [4.69, 9.17) is 0 Å². The smallest absolute Gasteiger partial charge is 0.253 e. The van der Waals surface area contributed by atoms with E-state index in [1.807, 2.05) is 60.7 Å². The molecule has 4 aromatic rings. The van der Waals surface area contributed by atoms with E-state index in [0.29, 0.717) is 23.5 Å².